The molecule has 2 nitrogen and oxygen atoms in total. The Morgan fingerprint density at radius 1 is 1.37 bits per heavy atom. The lowest BCUT2D eigenvalue weighted by atomic mass is 9.88. The molecule has 19 heavy (non-hydrogen) atoms. The van der Waals surface area contributed by atoms with E-state index in [4.69, 9.17) is 0 Å². The Morgan fingerprint density at radius 3 is 2.63 bits per heavy atom. The van der Waals surface area contributed by atoms with Gasteiger partial charge in [-0.3, -0.25) is 4.90 Å². The van der Waals surface area contributed by atoms with E-state index in [0.717, 1.165) is 25.4 Å². The first-order valence-electron chi connectivity index (χ1n) is 7.25. The van der Waals surface area contributed by atoms with E-state index < -0.39 is 0 Å². The third kappa shape index (κ3) is 3.36. The van der Waals surface area contributed by atoms with Crippen LogP contribution in [0.5, 0.6) is 0 Å². The molecule has 1 fully saturated rings. The molecule has 102 valence electrons. The van der Waals surface area contributed by atoms with Crippen LogP contribution in [-0.4, -0.2) is 23.5 Å². The number of hydrogen-bond acceptors (Lipinski definition) is 2. The van der Waals surface area contributed by atoms with E-state index in [1.807, 2.05) is 0 Å². The van der Waals surface area contributed by atoms with Crippen molar-refractivity contribution >= 4 is 0 Å². The van der Waals surface area contributed by atoms with E-state index in [1.165, 1.54) is 24.0 Å². The second-order valence-corrected chi connectivity index (χ2v) is 6.22. The van der Waals surface area contributed by atoms with Crippen molar-refractivity contribution in [2.24, 2.45) is 5.92 Å². The maximum absolute atomic E-state index is 9.64. The Kier molecular flexibility index (Phi) is 4.27. The summed E-state index contributed by atoms with van der Waals surface area (Å²) in [5.74, 6) is 0.804. The minimum Gasteiger partial charge on any atom is -0.285 e. The monoisotopic (exact) mass is 256 g/mol. The van der Waals surface area contributed by atoms with Gasteiger partial charge in [0, 0.05) is 6.42 Å². The summed E-state index contributed by atoms with van der Waals surface area (Å²) in [6.45, 7) is 8.61. The van der Waals surface area contributed by atoms with E-state index in [1.54, 1.807) is 0 Å². The van der Waals surface area contributed by atoms with Crippen LogP contribution in [0.1, 0.15) is 37.8 Å². The Morgan fingerprint density at radius 2 is 2.05 bits per heavy atom. The zero-order chi connectivity index (χ0) is 13.9. The molecule has 1 unspecified atom stereocenters. The van der Waals surface area contributed by atoms with E-state index >= 15 is 0 Å². The number of piperidine rings is 1. The Hall–Kier alpha value is -1.33. The van der Waals surface area contributed by atoms with Gasteiger partial charge in [-0.2, -0.15) is 5.26 Å². The fraction of sp³-hybridized carbons (Fsp3) is 0.588. The molecule has 0 N–H and O–H groups in total. The standard InChI is InChI=1S/C17H24N2/c1-14-7-9-19(10-8-14)17(3,13-18)12-16-6-4-5-15(2)11-16/h4-6,11,14H,7-10,12H2,1-3H3. The highest BCUT2D eigenvalue weighted by atomic mass is 15.2. The highest BCUT2D eigenvalue weighted by molar-refractivity contribution is 5.26. The molecule has 0 spiro atoms. The van der Waals surface area contributed by atoms with Crippen LogP contribution in [-0.2, 0) is 6.42 Å². The Labute approximate surface area is 117 Å². The third-order valence-electron chi connectivity index (χ3n) is 4.35. The molecule has 1 heterocycles. The summed E-state index contributed by atoms with van der Waals surface area (Å²) in [6, 6.07) is 11.1. The number of nitrogens with zero attached hydrogens (tertiary/aromatic N) is 2. The number of likely N-dealkylation sites (tertiary alicyclic amines) is 1. The van der Waals surface area contributed by atoms with Crippen molar-refractivity contribution < 1.29 is 0 Å². The summed E-state index contributed by atoms with van der Waals surface area (Å²) in [5, 5.41) is 9.64. The van der Waals surface area contributed by atoms with Crippen LogP contribution in [0, 0.1) is 24.2 Å². The van der Waals surface area contributed by atoms with Crippen LogP contribution >= 0.6 is 0 Å². The van der Waals surface area contributed by atoms with Gasteiger partial charge in [0.1, 0.15) is 5.54 Å². The number of rotatable bonds is 3. The van der Waals surface area contributed by atoms with Gasteiger partial charge in [0.15, 0.2) is 0 Å². The van der Waals surface area contributed by atoms with Crippen molar-refractivity contribution in [3.8, 4) is 6.07 Å². The summed E-state index contributed by atoms with van der Waals surface area (Å²) in [5.41, 5.74) is 2.17. The molecule has 0 aromatic heterocycles. The molecule has 2 heteroatoms. The number of benzene rings is 1. The highest BCUT2D eigenvalue weighted by Gasteiger charge is 2.34. The first-order chi connectivity index (χ1) is 9.03. The number of aryl methyl sites for hydroxylation is 1. The quantitative estimate of drug-likeness (QED) is 0.827. The van der Waals surface area contributed by atoms with Crippen LogP contribution in [0.4, 0.5) is 0 Å². The molecule has 0 amide bonds. The van der Waals surface area contributed by atoms with Crippen molar-refractivity contribution in [1.29, 1.82) is 5.26 Å². The fourth-order valence-corrected chi connectivity index (χ4v) is 2.94. The van der Waals surface area contributed by atoms with Crippen molar-refractivity contribution in [3.05, 3.63) is 35.4 Å². The van der Waals surface area contributed by atoms with E-state index in [0.29, 0.717) is 0 Å². The molecule has 1 saturated heterocycles. The van der Waals surface area contributed by atoms with Crippen LogP contribution in [0.3, 0.4) is 0 Å². The SMILES string of the molecule is Cc1cccc(CC(C)(C#N)N2CCC(C)CC2)c1. The maximum Gasteiger partial charge on any atom is 0.110 e. The van der Waals surface area contributed by atoms with Gasteiger partial charge in [0.05, 0.1) is 6.07 Å². The average molecular weight is 256 g/mol. The van der Waals surface area contributed by atoms with Gasteiger partial charge in [-0.25, -0.2) is 0 Å². The summed E-state index contributed by atoms with van der Waals surface area (Å²) >= 11 is 0. The Bertz CT molecular complexity index is 466. The second-order valence-electron chi connectivity index (χ2n) is 6.22. The van der Waals surface area contributed by atoms with Crippen LogP contribution in [0.25, 0.3) is 0 Å². The molecule has 1 atom stereocenters. The van der Waals surface area contributed by atoms with E-state index in [-0.39, 0.29) is 5.54 Å². The van der Waals surface area contributed by atoms with Gasteiger partial charge in [0.25, 0.3) is 0 Å². The molecule has 0 aliphatic carbocycles. The largest absolute Gasteiger partial charge is 0.285 e. The average Bonchev–Trinajstić information content (AvgIpc) is 2.39. The van der Waals surface area contributed by atoms with Gasteiger partial charge >= 0.3 is 0 Å². The fourth-order valence-electron chi connectivity index (χ4n) is 2.94. The first kappa shape index (κ1) is 14.1. The van der Waals surface area contributed by atoms with Gasteiger partial charge in [0.2, 0.25) is 0 Å². The minimum atomic E-state index is -0.367. The smallest absolute Gasteiger partial charge is 0.110 e. The van der Waals surface area contributed by atoms with Crippen LogP contribution < -0.4 is 0 Å². The Balaban J connectivity index is 2.12. The lowest BCUT2D eigenvalue weighted by Gasteiger charge is -2.40. The molecular formula is C17H24N2. The van der Waals surface area contributed by atoms with Gasteiger partial charge < -0.3 is 0 Å². The second kappa shape index (κ2) is 5.75. The zero-order valence-corrected chi connectivity index (χ0v) is 12.3. The lowest BCUT2D eigenvalue weighted by molar-refractivity contribution is 0.103. The molecule has 0 bridgehead atoms. The molecule has 0 saturated carbocycles. The van der Waals surface area contributed by atoms with Crippen molar-refractivity contribution in [2.45, 2.75) is 45.6 Å². The highest BCUT2D eigenvalue weighted by Crippen LogP contribution is 2.26. The topological polar surface area (TPSA) is 27.0 Å². The summed E-state index contributed by atoms with van der Waals surface area (Å²) in [7, 11) is 0. The van der Waals surface area contributed by atoms with Crippen LogP contribution in [0.2, 0.25) is 0 Å². The molecule has 1 aliphatic rings. The predicted octanol–water partition coefficient (Wildman–Crippen LogP) is 3.55. The van der Waals surface area contributed by atoms with Crippen molar-refractivity contribution in [3.63, 3.8) is 0 Å². The normalized spacial score (nSPS) is 20.7. The number of hydrogen-bond donors (Lipinski definition) is 0. The van der Waals surface area contributed by atoms with Crippen LogP contribution in [0.15, 0.2) is 24.3 Å². The van der Waals surface area contributed by atoms with Gasteiger partial charge in [-0.1, -0.05) is 36.8 Å². The molecule has 1 aromatic rings. The predicted molar refractivity (Wildman–Crippen MR) is 78.9 cm³/mol. The molecule has 1 aliphatic heterocycles. The maximum atomic E-state index is 9.64. The molecular weight excluding hydrogens is 232 g/mol. The van der Waals surface area contributed by atoms with Crippen molar-refractivity contribution in [2.75, 3.05) is 13.1 Å². The van der Waals surface area contributed by atoms with Crippen molar-refractivity contribution in [1.82, 2.24) is 4.90 Å². The summed E-state index contributed by atoms with van der Waals surface area (Å²) in [4.78, 5) is 2.37. The van der Waals surface area contributed by atoms with Gasteiger partial charge in [-0.05, 0) is 51.3 Å². The molecule has 2 rings (SSSR count). The molecule has 1 aromatic carbocycles. The number of nitriles is 1. The molecule has 0 radical (unpaired) electrons. The van der Waals surface area contributed by atoms with E-state index in [9.17, 15) is 5.26 Å². The summed E-state index contributed by atoms with van der Waals surface area (Å²) in [6.07, 6.45) is 3.25. The third-order valence-corrected chi connectivity index (χ3v) is 4.35. The van der Waals surface area contributed by atoms with E-state index in [2.05, 4.69) is 56.0 Å². The summed E-state index contributed by atoms with van der Waals surface area (Å²) < 4.78 is 0. The van der Waals surface area contributed by atoms with Gasteiger partial charge in [-0.15, -0.1) is 0 Å². The minimum absolute atomic E-state index is 0.367. The first-order valence-corrected chi connectivity index (χ1v) is 7.25. The zero-order valence-electron chi connectivity index (χ0n) is 12.3. The lowest BCUT2D eigenvalue weighted by Crippen LogP contribution is -2.50.